The van der Waals surface area contributed by atoms with Crippen molar-refractivity contribution < 1.29 is 23.1 Å². The van der Waals surface area contributed by atoms with Crippen LogP contribution in [-0.4, -0.2) is 98.9 Å². The van der Waals surface area contributed by atoms with Crippen molar-refractivity contribution in [2.45, 2.75) is 81.0 Å². The topological polar surface area (TPSA) is 126 Å². The van der Waals surface area contributed by atoms with Crippen LogP contribution in [0.4, 0.5) is 25.0 Å². The molecule has 0 N–H and O–H groups in total. The summed E-state index contributed by atoms with van der Waals surface area (Å²) in [6.45, 7) is 26.9. The summed E-state index contributed by atoms with van der Waals surface area (Å²) in [5.41, 5.74) is 3.24. The summed E-state index contributed by atoms with van der Waals surface area (Å²) in [7, 11) is 0. The molecule has 364 valence electrons. The predicted molar refractivity (Wildman–Crippen MR) is 271 cm³/mol. The second-order valence-electron chi connectivity index (χ2n) is 21.1. The van der Waals surface area contributed by atoms with Crippen molar-refractivity contribution in [3.63, 3.8) is 0 Å². The third-order valence-corrected chi connectivity index (χ3v) is 11.8. The number of pyridine rings is 4. The molecule has 13 nitrogen and oxygen atoms in total. The number of halogens is 2. The Hall–Kier alpha value is -6.90. The van der Waals surface area contributed by atoms with E-state index in [1.54, 1.807) is 79.6 Å². The van der Waals surface area contributed by atoms with Crippen LogP contribution in [0.1, 0.15) is 62.3 Å². The number of nitrogens with zero attached hydrogens (tertiary/aromatic N) is 8. The zero-order valence-corrected chi connectivity index (χ0v) is 41.3. The van der Waals surface area contributed by atoms with Gasteiger partial charge in [-0.3, -0.25) is 23.5 Å². The molecule has 2 aromatic carbocycles. The standard InChI is InChI=1S/C28H35FN4O3.C26H29FN4O2/c1-27(2,3)18-33-24(34)17-23(31-13-15-32(16-14-31)26(35)36-28(4,5)6)20-11-12-22(30-25(20)33)19-9-7-8-10-21(19)29;1-5-23(32)30-14-12-29(13-15-30)22-16-24(33)31(17-26(2,3)4)25-19(22)10-11-21(28-25)18-8-6-7-9-20(18)27/h7-12,17H,13-16,18H2,1-6H3;5-11,16H,1,12-15,17H2,2-4H3. The third kappa shape index (κ3) is 11.9. The molecule has 0 unspecified atom stereocenters. The van der Waals surface area contributed by atoms with Gasteiger partial charge in [-0.15, -0.1) is 0 Å². The number of rotatable bonds is 7. The van der Waals surface area contributed by atoms with Crippen LogP contribution in [0.15, 0.2) is 107 Å². The zero-order chi connectivity index (χ0) is 50.0. The molecule has 0 aliphatic carbocycles. The van der Waals surface area contributed by atoms with Crippen LogP contribution in [0, 0.1) is 22.5 Å². The van der Waals surface area contributed by atoms with Crippen molar-refractivity contribution >= 4 is 45.4 Å². The van der Waals surface area contributed by atoms with Gasteiger partial charge in [0.1, 0.15) is 28.5 Å². The highest BCUT2D eigenvalue weighted by molar-refractivity contribution is 5.93. The number of piperazine rings is 2. The smallest absolute Gasteiger partial charge is 0.410 e. The molecule has 2 fully saturated rings. The first-order valence-electron chi connectivity index (χ1n) is 23.5. The SMILES string of the molecule is C=CC(=O)N1CCN(c2cc(=O)n(CC(C)(C)C)c3nc(-c4ccccc4F)ccc23)CC1.CC(C)(C)Cn1c(=O)cc(N2CCN(C(=O)OC(C)(C)C)CC2)c2ccc(-c3ccccc3F)nc21. The molecular weight excluding hydrogens is 879 g/mol. The van der Waals surface area contributed by atoms with Gasteiger partial charge in [-0.1, -0.05) is 72.4 Å². The first-order valence-corrected chi connectivity index (χ1v) is 23.5. The minimum Gasteiger partial charge on any atom is -0.444 e. The van der Waals surface area contributed by atoms with Crippen LogP contribution in [0.25, 0.3) is 44.6 Å². The quantitative estimate of drug-likeness (QED) is 0.144. The Balaban J connectivity index is 0.000000205. The van der Waals surface area contributed by atoms with Crippen molar-refractivity contribution in [2.75, 3.05) is 62.2 Å². The van der Waals surface area contributed by atoms with E-state index in [9.17, 15) is 28.0 Å². The Labute approximate surface area is 402 Å². The lowest BCUT2D eigenvalue weighted by Crippen LogP contribution is -2.50. The van der Waals surface area contributed by atoms with Crippen molar-refractivity contribution in [2.24, 2.45) is 10.8 Å². The lowest BCUT2D eigenvalue weighted by atomic mass is 9.96. The van der Waals surface area contributed by atoms with Gasteiger partial charge in [-0.25, -0.2) is 23.5 Å². The average molecular weight is 943 g/mol. The molecule has 0 atom stereocenters. The number of ether oxygens (including phenoxy) is 1. The van der Waals surface area contributed by atoms with Gasteiger partial charge in [-0.2, -0.15) is 0 Å². The highest BCUT2D eigenvalue weighted by Gasteiger charge is 2.29. The van der Waals surface area contributed by atoms with E-state index in [-0.39, 0.29) is 45.6 Å². The lowest BCUT2D eigenvalue weighted by Gasteiger charge is -2.37. The molecule has 15 heteroatoms. The Kier molecular flexibility index (Phi) is 14.5. The van der Waals surface area contributed by atoms with Gasteiger partial charge in [0.2, 0.25) is 5.91 Å². The maximum atomic E-state index is 14.5. The predicted octanol–water partition coefficient (Wildman–Crippen LogP) is 9.39. The first kappa shape index (κ1) is 50.0. The minimum absolute atomic E-state index is 0.0868. The van der Waals surface area contributed by atoms with Gasteiger partial charge in [0.15, 0.2) is 0 Å². The van der Waals surface area contributed by atoms with Crippen molar-refractivity contribution in [3.05, 3.63) is 130 Å². The van der Waals surface area contributed by atoms with Gasteiger partial charge in [0, 0.05) is 99.5 Å². The number of aromatic nitrogens is 4. The Bertz CT molecular complexity index is 3000. The summed E-state index contributed by atoms with van der Waals surface area (Å²) in [6, 6.07) is 23.8. The van der Waals surface area contributed by atoms with Crippen molar-refractivity contribution in [3.8, 4) is 22.5 Å². The van der Waals surface area contributed by atoms with Gasteiger partial charge >= 0.3 is 6.09 Å². The van der Waals surface area contributed by atoms with Crippen LogP contribution < -0.4 is 20.9 Å². The molecule has 8 rings (SSSR count). The summed E-state index contributed by atoms with van der Waals surface area (Å²) in [4.78, 5) is 68.3. The summed E-state index contributed by atoms with van der Waals surface area (Å²) >= 11 is 0. The van der Waals surface area contributed by atoms with Crippen LogP contribution in [-0.2, 0) is 22.6 Å². The van der Waals surface area contributed by atoms with E-state index in [2.05, 4.69) is 57.9 Å². The maximum Gasteiger partial charge on any atom is 0.410 e. The fourth-order valence-corrected chi connectivity index (χ4v) is 8.63. The number of anilines is 2. The van der Waals surface area contributed by atoms with Crippen LogP contribution in [0.3, 0.4) is 0 Å². The van der Waals surface area contributed by atoms with Crippen molar-refractivity contribution in [1.29, 1.82) is 0 Å². The van der Waals surface area contributed by atoms with Crippen LogP contribution >= 0.6 is 0 Å². The normalized spacial score (nSPS) is 14.7. The number of amides is 2. The van der Waals surface area contributed by atoms with E-state index in [4.69, 9.17) is 14.7 Å². The van der Waals surface area contributed by atoms with Crippen molar-refractivity contribution in [1.82, 2.24) is 28.9 Å². The number of carbonyl (C=O) groups excluding carboxylic acids is 2. The molecule has 2 saturated heterocycles. The summed E-state index contributed by atoms with van der Waals surface area (Å²) in [6.07, 6.45) is 0.996. The highest BCUT2D eigenvalue weighted by Crippen LogP contribution is 2.33. The monoisotopic (exact) mass is 942 g/mol. The third-order valence-electron chi connectivity index (χ3n) is 11.8. The fourth-order valence-electron chi connectivity index (χ4n) is 8.63. The van der Waals surface area contributed by atoms with E-state index in [0.29, 0.717) is 99.3 Å². The molecule has 2 aliphatic heterocycles. The molecule has 2 amide bonds. The van der Waals surface area contributed by atoms with E-state index in [1.165, 1.54) is 18.2 Å². The Morgan fingerprint density at radius 2 is 0.986 bits per heavy atom. The maximum absolute atomic E-state index is 14.5. The molecule has 6 heterocycles. The summed E-state index contributed by atoms with van der Waals surface area (Å²) in [5.74, 6) is -0.798. The van der Waals surface area contributed by atoms with Crippen LogP contribution in [0.2, 0.25) is 0 Å². The molecule has 69 heavy (non-hydrogen) atoms. The molecule has 6 aromatic rings. The Morgan fingerprint density at radius 1 is 0.594 bits per heavy atom. The van der Waals surface area contributed by atoms with Gasteiger partial charge < -0.3 is 24.3 Å². The largest absolute Gasteiger partial charge is 0.444 e. The average Bonchev–Trinajstić information content (AvgIpc) is 3.29. The first-order chi connectivity index (χ1) is 32.5. The number of hydrogen-bond acceptors (Lipinski definition) is 9. The Morgan fingerprint density at radius 3 is 1.35 bits per heavy atom. The zero-order valence-electron chi connectivity index (χ0n) is 41.3. The second kappa shape index (κ2) is 20.0. The van der Waals surface area contributed by atoms with E-state index in [1.807, 2.05) is 32.9 Å². The number of hydrogen-bond donors (Lipinski definition) is 0. The molecule has 0 radical (unpaired) electrons. The van der Waals surface area contributed by atoms with E-state index < -0.39 is 5.60 Å². The number of benzene rings is 2. The molecule has 0 saturated carbocycles. The lowest BCUT2D eigenvalue weighted by molar-refractivity contribution is -0.126. The molecule has 2 aliphatic rings. The van der Waals surface area contributed by atoms with Gasteiger partial charge in [0.25, 0.3) is 11.1 Å². The number of fused-ring (bicyclic) bond motifs is 2. The summed E-state index contributed by atoms with van der Waals surface area (Å²) < 4.78 is 37.9. The fraction of sp³-hybridized carbons (Fsp3) is 0.407. The van der Waals surface area contributed by atoms with Gasteiger partial charge in [-0.05, 0) is 86.2 Å². The summed E-state index contributed by atoms with van der Waals surface area (Å²) in [5, 5.41) is 1.66. The molecule has 0 spiro atoms. The second-order valence-corrected chi connectivity index (χ2v) is 21.1. The molecule has 0 bridgehead atoms. The molecule has 4 aromatic heterocycles. The number of carbonyl (C=O) groups is 2. The molecular formula is C54H64F2N8O5. The highest BCUT2D eigenvalue weighted by atomic mass is 19.1. The van der Waals surface area contributed by atoms with E-state index in [0.717, 1.165) is 22.1 Å². The van der Waals surface area contributed by atoms with Crippen LogP contribution in [0.5, 0.6) is 0 Å². The van der Waals surface area contributed by atoms with E-state index >= 15 is 0 Å². The minimum atomic E-state index is -0.552. The van der Waals surface area contributed by atoms with Gasteiger partial charge in [0.05, 0.1) is 22.8 Å².